The summed E-state index contributed by atoms with van der Waals surface area (Å²) in [5, 5.41) is 5.09. The minimum atomic E-state index is -0.828. The largest absolute Gasteiger partial charge is 0.324 e. The Morgan fingerprint density at radius 1 is 1.21 bits per heavy atom. The molecule has 3 nitrogen and oxygen atoms in total. The second-order valence-electron chi connectivity index (χ2n) is 5.15. The summed E-state index contributed by atoms with van der Waals surface area (Å²) < 4.78 is 0. The van der Waals surface area contributed by atoms with Gasteiger partial charge in [0.2, 0.25) is 5.91 Å². The first-order valence-electron chi connectivity index (χ1n) is 6.62. The number of amides is 1. The van der Waals surface area contributed by atoms with Crippen molar-refractivity contribution < 1.29 is 4.79 Å². The fourth-order valence-corrected chi connectivity index (χ4v) is 2.23. The molecule has 1 amide bonds. The molecule has 0 fully saturated rings. The van der Waals surface area contributed by atoms with Gasteiger partial charge in [0.15, 0.2) is 0 Å². The maximum absolute atomic E-state index is 12.2. The van der Waals surface area contributed by atoms with E-state index in [1.165, 1.54) is 0 Å². The maximum atomic E-state index is 12.2. The number of carbonyl (C=O) groups is 1. The molecule has 3 N–H and O–H groups in total. The zero-order valence-electron chi connectivity index (χ0n) is 11.4. The normalized spacial score (nSPS) is 14.1. The van der Waals surface area contributed by atoms with Crippen molar-refractivity contribution in [1.82, 2.24) is 0 Å². The van der Waals surface area contributed by atoms with Gasteiger partial charge in [0.1, 0.15) is 0 Å². The van der Waals surface area contributed by atoms with E-state index in [0.717, 1.165) is 22.9 Å². The summed E-state index contributed by atoms with van der Waals surface area (Å²) >= 11 is 0. The Kier molecular flexibility index (Phi) is 3.86. The van der Waals surface area contributed by atoms with Crippen LogP contribution in [0.4, 0.5) is 5.69 Å². The summed E-state index contributed by atoms with van der Waals surface area (Å²) in [5.41, 5.74) is 6.04. The van der Waals surface area contributed by atoms with E-state index in [9.17, 15) is 4.79 Å². The molecule has 0 aliphatic rings. The first kappa shape index (κ1) is 13.6. The Hall–Kier alpha value is -1.87. The minimum Gasteiger partial charge on any atom is -0.324 e. The van der Waals surface area contributed by atoms with Crippen LogP contribution in [0, 0.1) is 0 Å². The van der Waals surface area contributed by atoms with Gasteiger partial charge in [-0.2, -0.15) is 0 Å². The van der Waals surface area contributed by atoms with Gasteiger partial charge >= 0.3 is 0 Å². The molecular formula is C16H20N2O. The fourth-order valence-electron chi connectivity index (χ4n) is 2.23. The van der Waals surface area contributed by atoms with Gasteiger partial charge in [0, 0.05) is 11.1 Å². The average molecular weight is 256 g/mol. The van der Waals surface area contributed by atoms with Crippen LogP contribution in [0.5, 0.6) is 0 Å². The van der Waals surface area contributed by atoms with Gasteiger partial charge in [-0.15, -0.1) is 0 Å². The molecule has 100 valence electrons. The molecule has 2 rings (SSSR count). The Morgan fingerprint density at radius 2 is 1.89 bits per heavy atom. The van der Waals surface area contributed by atoms with Gasteiger partial charge in [-0.1, -0.05) is 49.7 Å². The number of nitrogens with one attached hydrogen (secondary N) is 1. The molecule has 1 unspecified atom stereocenters. The molecule has 1 atom stereocenters. The summed E-state index contributed by atoms with van der Waals surface area (Å²) in [4.78, 5) is 12.2. The predicted molar refractivity (Wildman–Crippen MR) is 80.1 cm³/mol. The van der Waals surface area contributed by atoms with Crippen LogP contribution >= 0.6 is 0 Å². The SMILES string of the molecule is CCCC(C)(N)C(=O)Nc1cccc2ccccc12. The van der Waals surface area contributed by atoms with Crippen LogP contribution in [0.3, 0.4) is 0 Å². The van der Waals surface area contributed by atoms with Crippen molar-refractivity contribution in [3.8, 4) is 0 Å². The summed E-state index contributed by atoms with van der Waals surface area (Å²) in [6, 6.07) is 13.8. The summed E-state index contributed by atoms with van der Waals surface area (Å²) in [5.74, 6) is -0.134. The summed E-state index contributed by atoms with van der Waals surface area (Å²) in [6.07, 6.45) is 1.56. The molecule has 0 heterocycles. The van der Waals surface area contributed by atoms with E-state index in [-0.39, 0.29) is 5.91 Å². The lowest BCUT2D eigenvalue weighted by atomic mass is 9.96. The highest BCUT2D eigenvalue weighted by Gasteiger charge is 2.27. The predicted octanol–water partition coefficient (Wildman–Crippen LogP) is 3.30. The number of hydrogen-bond donors (Lipinski definition) is 2. The molecule has 0 radical (unpaired) electrons. The first-order valence-corrected chi connectivity index (χ1v) is 6.62. The second kappa shape index (κ2) is 5.41. The zero-order chi connectivity index (χ0) is 13.9. The number of benzene rings is 2. The Balaban J connectivity index is 2.29. The van der Waals surface area contributed by atoms with Gasteiger partial charge < -0.3 is 11.1 Å². The van der Waals surface area contributed by atoms with Crippen molar-refractivity contribution in [2.24, 2.45) is 5.73 Å². The highest BCUT2D eigenvalue weighted by molar-refractivity contribution is 6.05. The van der Waals surface area contributed by atoms with Gasteiger partial charge in [0.05, 0.1) is 5.54 Å². The first-order chi connectivity index (χ1) is 9.04. The molecule has 0 aliphatic heterocycles. The number of nitrogens with two attached hydrogens (primary N) is 1. The highest BCUT2D eigenvalue weighted by atomic mass is 16.2. The van der Waals surface area contributed by atoms with Crippen LogP contribution in [0.1, 0.15) is 26.7 Å². The van der Waals surface area contributed by atoms with E-state index in [4.69, 9.17) is 5.73 Å². The van der Waals surface area contributed by atoms with Crippen molar-refractivity contribution in [2.45, 2.75) is 32.2 Å². The topological polar surface area (TPSA) is 55.1 Å². The van der Waals surface area contributed by atoms with E-state index in [0.29, 0.717) is 6.42 Å². The van der Waals surface area contributed by atoms with Crippen molar-refractivity contribution in [2.75, 3.05) is 5.32 Å². The molecular weight excluding hydrogens is 236 g/mol. The van der Waals surface area contributed by atoms with Crippen molar-refractivity contribution in [3.63, 3.8) is 0 Å². The van der Waals surface area contributed by atoms with Crippen LogP contribution in [-0.4, -0.2) is 11.4 Å². The summed E-state index contributed by atoms with van der Waals surface area (Å²) in [6.45, 7) is 3.80. The lowest BCUT2D eigenvalue weighted by molar-refractivity contribution is -0.120. The average Bonchev–Trinajstić information content (AvgIpc) is 2.39. The lowest BCUT2D eigenvalue weighted by Crippen LogP contribution is -2.48. The zero-order valence-corrected chi connectivity index (χ0v) is 11.4. The van der Waals surface area contributed by atoms with Crippen molar-refractivity contribution in [1.29, 1.82) is 0 Å². The Bertz CT molecular complexity index is 585. The number of fused-ring (bicyclic) bond motifs is 1. The van der Waals surface area contributed by atoms with Crippen molar-refractivity contribution >= 4 is 22.4 Å². The van der Waals surface area contributed by atoms with Crippen molar-refractivity contribution in [3.05, 3.63) is 42.5 Å². The van der Waals surface area contributed by atoms with E-state index in [1.807, 2.05) is 49.4 Å². The van der Waals surface area contributed by atoms with E-state index in [1.54, 1.807) is 6.92 Å². The van der Waals surface area contributed by atoms with Gasteiger partial charge in [-0.05, 0) is 24.8 Å². The Morgan fingerprint density at radius 3 is 2.63 bits per heavy atom. The molecule has 0 saturated carbocycles. The van der Waals surface area contributed by atoms with Gasteiger partial charge in [0.25, 0.3) is 0 Å². The number of hydrogen-bond acceptors (Lipinski definition) is 2. The van der Waals surface area contributed by atoms with Crippen LogP contribution in [0.2, 0.25) is 0 Å². The minimum absolute atomic E-state index is 0.134. The standard InChI is InChI=1S/C16H20N2O/c1-3-11-16(2,17)15(19)18-14-10-6-8-12-7-4-5-9-13(12)14/h4-10H,3,11,17H2,1-2H3,(H,18,19). The molecule has 0 saturated heterocycles. The molecule has 0 bridgehead atoms. The number of anilines is 1. The second-order valence-corrected chi connectivity index (χ2v) is 5.15. The van der Waals surface area contributed by atoms with Gasteiger partial charge in [-0.25, -0.2) is 0 Å². The number of rotatable bonds is 4. The van der Waals surface area contributed by atoms with Crippen LogP contribution in [0.15, 0.2) is 42.5 Å². The van der Waals surface area contributed by atoms with E-state index < -0.39 is 5.54 Å². The Labute approximate surface area is 113 Å². The maximum Gasteiger partial charge on any atom is 0.244 e. The van der Waals surface area contributed by atoms with Crippen LogP contribution in [-0.2, 0) is 4.79 Å². The molecule has 0 spiro atoms. The molecule has 19 heavy (non-hydrogen) atoms. The monoisotopic (exact) mass is 256 g/mol. The highest BCUT2D eigenvalue weighted by Crippen LogP contribution is 2.24. The van der Waals surface area contributed by atoms with Crippen LogP contribution in [0.25, 0.3) is 10.8 Å². The molecule has 3 heteroatoms. The number of carbonyl (C=O) groups excluding carboxylic acids is 1. The van der Waals surface area contributed by atoms with E-state index in [2.05, 4.69) is 5.32 Å². The fraction of sp³-hybridized carbons (Fsp3) is 0.312. The van der Waals surface area contributed by atoms with Gasteiger partial charge in [-0.3, -0.25) is 4.79 Å². The molecule has 0 aliphatic carbocycles. The molecule has 2 aromatic rings. The third-order valence-corrected chi connectivity index (χ3v) is 3.33. The molecule has 0 aromatic heterocycles. The third-order valence-electron chi connectivity index (χ3n) is 3.33. The quantitative estimate of drug-likeness (QED) is 0.882. The van der Waals surface area contributed by atoms with Crippen LogP contribution < -0.4 is 11.1 Å². The molecule has 2 aromatic carbocycles. The summed E-state index contributed by atoms with van der Waals surface area (Å²) in [7, 11) is 0. The smallest absolute Gasteiger partial charge is 0.244 e. The van der Waals surface area contributed by atoms with E-state index >= 15 is 0 Å². The third kappa shape index (κ3) is 2.93. The lowest BCUT2D eigenvalue weighted by Gasteiger charge is -2.23.